The summed E-state index contributed by atoms with van der Waals surface area (Å²) in [7, 11) is 0. The van der Waals surface area contributed by atoms with Gasteiger partial charge in [0, 0.05) is 4.88 Å². The van der Waals surface area contributed by atoms with Gasteiger partial charge in [0.2, 0.25) is 0 Å². The lowest BCUT2D eigenvalue weighted by Crippen LogP contribution is -1.94. The van der Waals surface area contributed by atoms with Crippen molar-refractivity contribution < 1.29 is 0 Å². The van der Waals surface area contributed by atoms with Crippen molar-refractivity contribution in [3.63, 3.8) is 0 Å². The number of hydrogen-bond acceptors (Lipinski definition) is 2. The van der Waals surface area contributed by atoms with Gasteiger partial charge in [0.15, 0.2) is 0 Å². The number of hydrogen-bond donors (Lipinski definition) is 0. The summed E-state index contributed by atoms with van der Waals surface area (Å²) >= 11 is 1.83. The Morgan fingerprint density at radius 2 is 2.55 bits per heavy atom. The Morgan fingerprint density at radius 1 is 1.64 bits per heavy atom. The van der Waals surface area contributed by atoms with Gasteiger partial charge in [-0.3, -0.25) is 0 Å². The maximum Gasteiger partial charge on any atom is 0.0797 e. The van der Waals surface area contributed by atoms with E-state index in [9.17, 15) is 0 Å². The molecule has 0 bridgehead atoms. The fourth-order valence-corrected chi connectivity index (χ4v) is 2.68. The monoisotopic (exact) mass is 167 g/mol. The molecule has 2 heteroatoms. The van der Waals surface area contributed by atoms with Crippen molar-refractivity contribution in [1.29, 1.82) is 0 Å². The highest BCUT2D eigenvalue weighted by Crippen LogP contribution is 2.25. The smallest absolute Gasteiger partial charge is 0.0797 e. The number of rotatable bonds is 0. The zero-order valence-electron chi connectivity index (χ0n) is 6.84. The molecular formula is C9H13NS. The van der Waals surface area contributed by atoms with E-state index in [0.29, 0.717) is 0 Å². The van der Waals surface area contributed by atoms with E-state index in [-0.39, 0.29) is 0 Å². The first-order valence-electron chi connectivity index (χ1n) is 4.27. The van der Waals surface area contributed by atoms with Crippen LogP contribution in [-0.4, -0.2) is 4.98 Å². The van der Waals surface area contributed by atoms with Gasteiger partial charge in [-0.15, -0.1) is 11.3 Å². The first kappa shape index (κ1) is 7.29. The van der Waals surface area contributed by atoms with Crippen LogP contribution in [0.3, 0.4) is 0 Å². The van der Waals surface area contributed by atoms with Crippen LogP contribution in [-0.2, 0) is 12.8 Å². The third kappa shape index (κ3) is 1.45. The van der Waals surface area contributed by atoms with Crippen molar-refractivity contribution in [2.24, 2.45) is 5.92 Å². The maximum absolute atomic E-state index is 4.37. The normalized spacial score (nSPS) is 24.3. The highest BCUT2D eigenvalue weighted by atomic mass is 32.1. The Labute approximate surface area is 71.5 Å². The molecular weight excluding hydrogens is 154 g/mol. The lowest BCUT2D eigenvalue weighted by atomic mass is 10.0. The molecule has 0 aromatic carbocycles. The lowest BCUT2D eigenvalue weighted by Gasteiger charge is -2.03. The van der Waals surface area contributed by atoms with E-state index in [1.807, 2.05) is 16.8 Å². The van der Waals surface area contributed by atoms with Crippen molar-refractivity contribution >= 4 is 11.3 Å². The molecule has 0 saturated heterocycles. The van der Waals surface area contributed by atoms with Gasteiger partial charge in [0.25, 0.3) is 0 Å². The first-order chi connectivity index (χ1) is 5.36. The number of thiazole rings is 1. The van der Waals surface area contributed by atoms with Crippen LogP contribution in [0.4, 0.5) is 0 Å². The average Bonchev–Trinajstić information content (AvgIpc) is 2.31. The van der Waals surface area contributed by atoms with Gasteiger partial charge >= 0.3 is 0 Å². The summed E-state index contributed by atoms with van der Waals surface area (Å²) in [5.41, 5.74) is 3.36. The minimum atomic E-state index is 0.872. The largest absolute Gasteiger partial charge is 0.249 e. The molecule has 2 rings (SSSR count). The Balaban J connectivity index is 2.26. The van der Waals surface area contributed by atoms with E-state index >= 15 is 0 Å². The third-order valence-corrected chi connectivity index (χ3v) is 3.27. The van der Waals surface area contributed by atoms with Crippen LogP contribution in [0.25, 0.3) is 0 Å². The van der Waals surface area contributed by atoms with E-state index in [2.05, 4.69) is 11.9 Å². The van der Waals surface area contributed by atoms with Gasteiger partial charge in [0.05, 0.1) is 11.2 Å². The van der Waals surface area contributed by atoms with Crippen LogP contribution in [0.15, 0.2) is 5.51 Å². The van der Waals surface area contributed by atoms with E-state index in [4.69, 9.17) is 0 Å². The maximum atomic E-state index is 4.37. The van der Waals surface area contributed by atoms with Crippen LogP contribution in [0.1, 0.15) is 30.3 Å². The number of fused-ring (bicyclic) bond motifs is 1. The highest BCUT2D eigenvalue weighted by Gasteiger charge is 2.14. The minimum Gasteiger partial charge on any atom is -0.249 e. The standard InChI is InChI=1S/C9H13NS/c1-7-3-2-4-8-9(5-7)11-6-10-8/h6-7H,2-5H2,1H3. The summed E-state index contributed by atoms with van der Waals surface area (Å²) in [6.45, 7) is 2.34. The molecule has 0 aliphatic heterocycles. The Morgan fingerprint density at radius 3 is 3.45 bits per heavy atom. The summed E-state index contributed by atoms with van der Waals surface area (Å²) in [6.07, 6.45) is 5.18. The average molecular weight is 167 g/mol. The molecule has 1 aromatic rings. The van der Waals surface area contributed by atoms with Crippen molar-refractivity contribution in [2.45, 2.75) is 32.6 Å². The van der Waals surface area contributed by atoms with Crippen molar-refractivity contribution in [3.8, 4) is 0 Å². The van der Waals surface area contributed by atoms with Gasteiger partial charge in [-0.1, -0.05) is 6.92 Å². The molecule has 0 spiro atoms. The molecule has 60 valence electrons. The Bertz CT molecular complexity index is 241. The molecule has 0 fully saturated rings. The molecule has 1 aliphatic carbocycles. The van der Waals surface area contributed by atoms with Crippen molar-refractivity contribution in [2.75, 3.05) is 0 Å². The summed E-state index contributed by atoms with van der Waals surface area (Å²) in [6, 6.07) is 0. The molecule has 1 aromatic heterocycles. The Kier molecular flexibility index (Phi) is 1.95. The molecule has 1 aliphatic rings. The molecule has 0 saturated carbocycles. The number of aromatic nitrogens is 1. The summed E-state index contributed by atoms with van der Waals surface area (Å²) in [4.78, 5) is 5.91. The summed E-state index contributed by atoms with van der Waals surface area (Å²) < 4.78 is 0. The van der Waals surface area contributed by atoms with Gasteiger partial charge in [-0.05, 0) is 31.6 Å². The van der Waals surface area contributed by atoms with E-state index in [1.54, 1.807) is 0 Å². The fraction of sp³-hybridized carbons (Fsp3) is 0.667. The predicted molar refractivity (Wildman–Crippen MR) is 47.9 cm³/mol. The molecule has 1 unspecified atom stereocenters. The molecule has 0 N–H and O–H groups in total. The van der Waals surface area contributed by atoms with E-state index in [0.717, 1.165) is 5.92 Å². The second-order valence-corrected chi connectivity index (χ2v) is 4.36. The molecule has 11 heavy (non-hydrogen) atoms. The number of nitrogens with zero attached hydrogens (tertiary/aromatic N) is 1. The van der Waals surface area contributed by atoms with Gasteiger partial charge in [0.1, 0.15) is 0 Å². The van der Waals surface area contributed by atoms with Gasteiger partial charge in [-0.25, -0.2) is 4.98 Å². The molecule has 0 amide bonds. The quantitative estimate of drug-likeness (QED) is 0.541. The second-order valence-electron chi connectivity index (χ2n) is 3.42. The third-order valence-electron chi connectivity index (χ3n) is 2.37. The van der Waals surface area contributed by atoms with Crippen molar-refractivity contribution in [1.82, 2.24) is 4.98 Å². The van der Waals surface area contributed by atoms with Crippen LogP contribution >= 0.6 is 11.3 Å². The Hall–Kier alpha value is -0.370. The van der Waals surface area contributed by atoms with Gasteiger partial charge in [-0.2, -0.15) is 0 Å². The molecule has 1 nitrogen and oxygen atoms in total. The zero-order chi connectivity index (χ0) is 7.68. The first-order valence-corrected chi connectivity index (χ1v) is 5.15. The van der Waals surface area contributed by atoms with E-state index < -0.39 is 0 Å². The fourth-order valence-electron chi connectivity index (χ4n) is 1.70. The van der Waals surface area contributed by atoms with Gasteiger partial charge < -0.3 is 0 Å². The van der Waals surface area contributed by atoms with Crippen molar-refractivity contribution in [3.05, 3.63) is 16.1 Å². The second kappa shape index (κ2) is 2.94. The molecule has 1 heterocycles. The van der Waals surface area contributed by atoms with Crippen LogP contribution < -0.4 is 0 Å². The predicted octanol–water partition coefficient (Wildman–Crippen LogP) is 2.66. The SMILES string of the molecule is CC1CCCc2ncsc2C1. The topological polar surface area (TPSA) is 12.9 Å². The van der Waals surface area contributed by atoms with Crippen LogP contribution in [0.2, 0.25) is 0 Å². The molecule has 1 atom stereocenters. The molecule has 0 radical (unpaired) electrons. The lowest BCUT2D eigenvalue weighted by molar-refractivity contribution is 0.528. The summed E-state index contributed by atoms with van der Waals surface area (Å²) in [5.74, 6) is 0.872. The minimum absolute atomic E-state index is 0.872. The highest BCUT2D eigenvalue weighted by molar-refractivity contribution is 7.09. The summed E-state index contributed by atoms with van der Waals surface area (Å²) in [5, 5.41) is 0. The number of aryl methyl sites for hydroxylation is 1. The zero-order valence-corrected chi connectivity index (χ0v) is 7.66. The van der Waals surface area contributed by atoms with E-state index in [1.165, 1.54) is 36.3 Å². The van der Waals surface area contributed by atoms with Crippen LogP contribution in [0, 0.1) is 5.92 Å². The van der Waals surface area contributed by atoms with Crippen LogP contribution in [0.5, 0.6) is 0 Å².